The quantitative estimate of drug-likeness (QED) is 0.661. The first kappa shape index (κ1) is 16.7. The van der Waals surface area contributed by atoms with E-state index in [9.17, 15) is 5.11 Å². The van der Waals surface area contributed by atoms with Crippen molar-refractivity contribution < 1.29 is 5.11 Å². The number of benzene rings is 2. The van der Waals surface area contributed by atoms with Gasteiger partial charge in [0.1, 0.15) is 8.07 Å². The Hall–Kier alpha value is -1.64. The van der Waals surface area contributed by atoms with Gasteiger partial charge < -0.3 is 5.11 Å². The normalized spacial score (nSPS) is 13.6. The summed E-state index contributed by atoms with van der Waals surface area (Å²) in [5.74, 6) is 0. The zero-order valence-corrected chi connectivity index (χ0v) is 14.8. The molecular formula is C20H26OSi. The van der Waals surface area contributed by atoms with E-state index in [0.29, 0.717) is 0 Å². The zero-order valence-electron chi connectivity index (χ0n) is 13.8. The maximum absolute atomic E-state index is 10.4. The first-order chi connectivity index (χ1) is 10.4. The summed E-state index contributed by atoms with van der Waals surface area (Å²) in [6.45, 7) is 10.7. The van der Waals surface area contributed by atoms with Crippen LogP contribution in [-0.2, 0) is 0 Å². The lowest BCUT2D eigenvalue weighted by Crippen LogP contribution is -2.65. The molecule has 0 aliphatic carbocycles. The highest BCUT2D eigenvalue weighted by atomic mass is 28.3. The predicted octanol–water partition coefficient (Wildman–Crippen LogP) is 3.60. The van der Waals surface area contributed by atoms with Crippen molar-refractivity contribution in [2.24, 2.45) is 0 Å². The fraction of sp³-hybridized carbons (Fsp3) is 0.300. The van der Waals surface area contributed by atoms with E-state index in [-0.39, 0.29) is 5.04 Å². The summed E-state index contributed by atoms with van der Waals surface area (Å²) in [7, 11) is -2.15. The Morgan fingerprint density at radius 3 is 1.68 bits per heavy atom. The lowest BCUT2D eigenvalue weighted by molar-refractivity contribution is 0.242. The third-order valence-electron chi connectivity index (χ3n) is 4.60. The van der Waals surface area contributed by atoms with Crippen molar-refractivity contribution >= 4 is 18.4 Å². The molecule has 1 nitrogen and oxygen atoms in total. The van der Waals surface area contributed by atoms with Gasteiger partial charge in [0.05, 0.1) is 6.10 Å². The summed E-state index contributed by atoms with van der Waals surface area (Å²) in [6.07, 6.45) is 1.19. The molecule has 2 heteroatoms. The largest absolute Gasteiger partial charge is 0.389 e. The third kappa shape index (κ3) is 3.08. The molecule has 0 aliphatic heterocycles. The third-order valence-corrected chi connectivity index (χ3v) is 10.8. The minimum Gasteiger partial charge on any atom is -0.389 e. The van der Waals surface area contributed by atoms with Gasteiger partial charge in [-0.15, -0.1) is 6.58 Å². The second kappa shape index (κ2) is 6.63. The van der Waals surface area contributed by atoms with Gasteiger partial charge in [-0.25, -0.2) is 0 Å². The summed E-state index contributed by atoms with van der Waals surface area (Å²) in [4.78, 5) is 0. The van der Waals surface area contributed by atoms with Crippen LogP contribution in [0.4, 0.5) is 0 Å². The van der Waals surface area contributed by atoms with Gasteiger partial charge in [-0.05, 0) is 11.1 Å². The van der Waals surface area contributed by atoms with E-state index in [1.165, 1.54) is 10.4 Å². The van der Waals surface area contributed by atoms with Crippen LogP contribution in [0.2, 0.25) is 11.1 Å². The van der Waals surface area contributed by atoms with Crippen LogP contribution >= 0.6 is 0 Å². The topological polar surface area (TPSA) is 20.2 Å². The monoisotopic (exact) mass is 310 g/mol. The molecule has 22 heavy (non-hydrogen) atoms. The Balaban J connectivity index is 2.72. The molecule has 0 heterocycles. The van der Waals surface area contributed by atoms with Gasteiger partial charge in [0.15, 0.2) is 0 Å². The first-order valence-electron chi connectivity index (χ1n) is 7.83. The zero-order chi connectivity index (χ0) is 16.2. The van der Waals surface area contributed by atoms with E-state index in [1.807, 2.05) is 0 Å². The van der Waals surface area contributed by atoms with Gasteiger partial charge in [-0.3, -0.25) is 0 Å². The van der Waals surface area contributed by atoms with E-state index in [1.54, 1.807) is 6.08 Å². The standard InChI is InChI=1S/C20H26OSi/c1-5-17(21)16-22(20(2,3)4,18-12-8-6-9-13-18)19-14-10-7-11-15-19/h5-15,17,21H,1,16H2,2-4H3/t17-/m1/s1. The Morgan fingerprint density at radius 2 is 1.36 bits per heavy atom. The SMILES string of the molecule is C=C[C@@H](O)C[Si](c1ccccc1)(c1ccccc1)C(C)(C)C. The molecule has 0 aromatic heterocycles. The van der Waals surface area contributed by atoms with Crippen molar-refractivity contribution in [2.45, 2.75) is 38.0 Å². The van der Waals surface area contributed by atoms with Crippen LogP contribution in [0.1, 0.15) is 20.8 Å². The molecule has 1 atom stereocenters. The van der Waals surface area contributed by atoms with Crippen LogP contribution in [0.5, 0.6) is 0 Å². The average molecular weight is 311 g/mol. The lowest BCUT2D eigenvalue weighted by Gasteiger charge is -2.45. The number of hydrogen-bond donors (Lipinski definition) is 1. The lowest BCUT2D eigenvalue weighted by atomic mass is 10.2. The number of hydrogen-bond acceptors (Lipinski definition) is 1. The molecule has 2 rings (SSSR count). The number of rotatable bonds is 5. The van der Waals surface area contributed by atoms with Crippen LogP contribution in [0.25, 0.3) is 0 Å². The molecule has 0 radical (unpaired) electrons. The number of aliphatic hydroxyl groups is 1. The van der Waals surface area contributed by atoms with E-state index in [4.69, 9.17) is 0 Å². The molecule has 0 amide bonds. The van der Waals surface area contributed by atoms with Crippen LogP contribution in [0.15, 0.2) is 73.3 Å². The summed E-state index contributed by atoms with van der Waals surface area (Å²) in [5.41, 5.74) is 0. The van der Waals surface area contributed by atoms with Gasteiger partial charge in [-0.1, -0.05) is 97.9 Å². The second-order valence-corrected chi connectivity index (χ2v) is 11.8. The molecule has 0 bridgehead atoms. The minimum absolute atomic E-state index is 0.0830. The van der Waals surface area contributed by atoms with E-state index in [0.717, 1.165) is 6.04 Å². The van der Waals surface area contributed by atoms with Gasteiger partial charge in [0, 0.05) is 0 Å². The Bertz CT molecular complexity index is 559. The fourth-order valence-corrected chi connectivity index (χ4v) is 8.88. The molecule has 0 aliphatic rings. The molecule has 116 valence electrons. The van der Waals surface area contributed by atoms with E-state index < -0.39 is 14.2 Å². The maximum Gasteiger partial charge on any atom is 0.126 e. The molecule has 0 fully saturated rings. The maximum atomic E-state index is 10.4. The van der Waals surface area contributed by atoms with Crippen molar-refractivity contribution in [1.82, 2.24) is 0 Å². The van der Waals surface area contributed by atoms with Crippen molar-refractivity contribution in [3.63, 3.8) is 0 Å². The second-order valence-electron chi connectivity index (χ2n) is 6.89. The molecular weight excluding hydrogens is 284 g/mol. The molecule has 1 N–H and O–H groups in total. The van der Waals surface area contributed by atoms with Gasteiger partial charge in [0.25, 0.3) is 0 Å². The highest BCUT2D eigenvalue weighted by molar-refractivity contribution is 7.04. The van der Waals surface area contributed by atoms with Crippen LogP contribution < -0.4 is 10.4 Å². The van der Waals surface area contributed by atoms with Gasteiger partial charge in [-0.2, -0.15) is 0 Å². The van der Waals surface area contributed by atoms with Crippen molar-refractivity contribution in [1.29, 1.82) is 0 Å². The van der Waals surface area contributed by atoms with Crippen LogP contribution in [0, 0.1) is 0 Å². The Morgan fingerprint density at radius 1 is 0.955 bits per heavy atom. The fourth-order valence-electron chi connectivity index (χ4n) is 3.42. The smallest absolute Gasteiger partial charge is 0.126 e. The minimum atomic E-state index is -2.15. The van der Waals surface area contributed by atoms with Crippen molar-refractivity contribution in [3.05, 3.63) is 73.3 Å². The molecule has 2 aromatic carbocycles. The molecule has 0 saturated heterocycles. The molecule has 2 aromatic rings. The molecule has 0 unspecified atom stereocenters. The predicted molar refractivity (Wildman–Crippen MR) is 98.6 cm³/mol. The summed E-state index contributed by atoms with van der Waals surface area (Å²) in [6, 6.07) is 22.2. The van der Waals surface area contributed by atoms with Crippen molar-refractivity contribution in [3.8, 4) is 0 Å². The van der Waals surface area contributed by atoms with Crippen LogP contribution in [-0.4, -0.2) is 19.3 Å². The number of aliphatic hydroxyl groups excluding tert-OH is 1. The van der Waals surface area contributed by atoms with Crippen molar-refractivity contribution in [2.75, 3.05) is 0 Å². The van der Waals surface area contributed by atoms with Gasteiger partial charge in [0.2, 0.25) is 0 Å². The van der Waals surface area contributed by atoms with Gasteiger partial charge >= 0.3 is 0 Å². The summed E-state index contributed by atoms with van der Waals surface area (Å²) < 4.78 is 0. The first-order valence-corrected chi connectivity index (χ1v) is 10.0. The van der Waals surface area contributed by atoms with E-state index in [2.05, 4.69) is 88.0 Å². The highest BCUT2D eigenvalue weighted by Gasteiger charge is 2.48. The molecule has 0 spiro atoms. The highest BCUT2D eigenvalue weighted by Crippen LogP contribution is 2.39. The Kier molecular flexibility index (Phi) is 5.04. The van der Waals surface area contributed by atoms with E-state index >= 15 is 0 Å². The summed E-state index contributed by atoms with van der Waals surface area (Å²) in [5, 5.41) is 13.2. The molecule has 0 saturated carbocycles. The Labute approximate surface area is 135 Å². The van der Waals surface area contributed by atoms with Crippen LogP contribution in [0.3, 0.4) is 0 Å². The average Bonchev–Trinajstić information content (AvgIpc) is 2.52. The summed E-state index contributed by atoms with van der Waals surface area (Å²) >= 11 is 0.